The summed E-state index contributed by atoms with van der Waals surface area (Å²) in [5.41, 5.74) is 1.95. The zero-order chi connectivity index (χ0) is 11.1. The van der Waals surface area contributed by atoms with E-state index in [2.05, 4.69) is 31.2 Å². The smallest absolute Gasteiger partial charge is 0.309 e. The van der Waals surface area contributed by atoms with Crippen LogP contribution >= 0.6 is 0 Å². The van der Waals surface area contributed by atoms with E-state index in [0.717, 1.165) is 18.4 Å². The molecular formula is C13H16O2. The van der Waals surface area contributed by atoms with Crippen LogP contribution in [0.1, 0.15) is 37.3 Å². The number of carbonyl (C=O) groups is 1. The van der Waals surface area contributed by atoms with Gasteiger partial charge in [0.1, 0.15) is 0 Å². The Kier molecular flexibility index (Phi) is 2.29. The first-order chi connectivity index (χ1) is 7.08. The predicted molar refractivity (Wildman–Crippen MR) is 58.9 cm³/mol. The normalized spacial score (nSPS) is 28.8. The van der Waals surface area contributed by atoms with Crippen LogP contribution < -0.4 is 0 Å². The zero-order valence-electron chi connectivity index (χ0n) is 9.16. The van der Waals surface area contributed by atoms with Crippen LogP contribution in [0.15, 0.2) is 24.3 Å². The summed E-state index contributed by atoms with van der Waals surface area (Å²) >= 11 is 0. The molecular weight excluding hydrogens is 188 g/mol. The number of aryl methyl sites for hydroxylation is 1. The second kappa shape index (κ2) is 3.37. The summed E-state index contributed by atoms with van der Waals surface area (Å²) in [6.07, 6.45) is 1.80. The van der Waals surface area contributed by atoms with Crippen LogP contribution in [0.25, 0.3) is 0 Å². The number of hydrogen-bond acceptors (Lipinski definition) is 1. The summed E-state index contributed by atoms with van der Waals surface area (Å²) in [6, 6.07) is 8.32. The maximum absolute atomic E-state index is 11.0. The molecule has 0 amide bonds. The molecule has 1 N–H and O–H groups in total. The van der Waals surface area contributed by atoms with Crippen LogP contribution in [0, 0.1) is 5.41 Å². The summed E-state index contributed by atoms with van der Waals surface area (Å²) in [7, 11) is 0. The van der Waals surface area contributed by atoms with Gasteiger partial charge < -0.3 is 5.11 Å². The molecule has 2 rings (SSSR count). The van der Waals surface area contributed by atoms with Crippen LogP contribution in [0.4, 0.5) is 0 Å². The number of rotatable bonds is 3. The van der Waals surface area contributed by atoms with Gasteiger partial charge in [0, 0.05) is 5.92 Å². The van der Waals surface area contributed by atoms with E-state index >= 15 is 0 Å². The highest BCUT2D eigenvalue weighted by atomic mass is 16.4. The summed E-state index contributed by atoms with van der Waals surface area (Å²) < 4.78 is 0. The SMILES string of the molecule is CCc1ccc(C2CC2(C)C(=O)O)cc1. The van der Waals surface area contributed by atoms with Crippen LogP contribution in [-0.4, -0.2) is 11.1 Å². The van der Waals surface area contributed by atoms with Crippen molar-refractivity contribution in [2.45, 2.75) is 32.6 Å². The van der Waals surface area contributed by atoms with Crippen molar-refractivity contribution < 1.29 is 9.90 Å². The molecule has 0 spiro atoms. The van der Waals surface area contributed by atoms with Crippen LogP contribution in [0.3, 0.4) is 0 Å². The molecule has 0 saturated heterocycles. The molecule has 1 saturated carbocycles. The topological polar surface area (TPSA) is 37.3 Å². The number of hydrogen-bond donors (Lipinski definition) is 1. The van der Waals surface area contributed by atoms with Crippen molar-refractivity contribution in [3.05, 3.63) is 35.4 Å². The van der Waals surface area contributed by atoms with Gasteiger partial charge in [0.2, 0.25) is 0 Å². The van der Waals surface area contributed by atoms with E-state index in [0.29, 0.717) is 0 Å². The Balaban J connectivity index is 2.16. The van der Waals surface area contributed by atoms with Crippen molar-refractivity contribution in [2.75, 3.05) is 0 Å². The molecule has 1 fully saturated rings. The second-order valence-corrected chi connectivity index (χ2v) is 4.57. The van der Waals surface area contributed by atoms with Gasteiger partial charge in [-0.1, -0.05) is 31.2 Å². The Morgan fingerprint density at radius 2 is 2.07 bits per heavy atom. The largest absolute Gasteiger partial charge is 0.481 e. The van der Waals surface area contributed by atoms with E-state index in [-0.39, 0.29) is 5.92 Å². The van der Waals surface area contributed by atoms with Crippen molar-refractivity contribution in [2.24, 2.45) is 5.41 Å². The van der Waals surface area contributed by atoms with E-state index in [1.807, 2.05) is 6.92 Å². The fourth-order valence-electron chi connectivity index (χ4n) is 2.07. The molecule has 2 heteroatoms. The van der Waals surface area contributed by atoms with Gasteiger partial charge in [-0.2, -0.15) is 0 Å². The van der Waals surface area contributed by atoms with Crippen LogP contribution in [-0.2, 0) is 11.2 Å². The first-order valence-electron chi connectivity index (χ1n) is 5.40. The van der Waals surface area contributed by atoms with E-state index in [1.165, 1.54) is 5.56 Å². The highest BCUT2D eigenvalue weighted by Gasteiger charge is 2.56. The van der Waals surface area contributed by atoms with Gasteiger partial charge in [0.05, 0.1) is 5.41 Å². The Morgan fingerprint density at radius 1 is 1.47 bits per heavy atom. The van der Waals surface area contributed by atoms with E-state index in [1.54, 1.807) is 0 Å². The van der Waals surface area contributed by atoms with Gasteiger partial charge in [-0.25, -0.2) is 0 Å². The van der Waals surface area contributed by atoms with Crippen molar-refractivity contribution in [3.63, 3.8) is 0 Å². The van der Waals surface area contributed by atoms with Gasteiger partial charge in [0.15, 0.2) is 0 Å². The average molecular weight is 204 g/mol. The minimum atomic E-state index is -0.674. The molecule has 1 aromatic rings. The first-order valence-corrected chi connectivity index (χ1v) is 5.40. The summed E-state index contributed by atoms with van der Waals surface area (Å²) in [5, 5.41) is 9.05. The summed E-state index contributed by atoms with van der Waals surface area (Å²) in [4.78, 5) is 11.0. The molecule has 15 heavy (non-hydrogen) atoms. The predicted octanol–water partition coefficient (Wildman–Crippen LogP) is 2.83. The fraction of sp³-hybridized carbons (Fsp3) is 0.462. The number of aliphatic carboxylic acids is 1. The van der Waals surface area contributed by atoms with Crippen LogP contribution in [0.5, 0.6) is 0 Å². The molecule has 0 radical (unpaired) electrons. The number of carboxylic acids is 1. The molecule has 0 heterocycles. The molecule has 1 aliphatic rings. The lowest BCUT2D eigenvalue weighted by Gasteiger charge is -2.05. The molecule has 80 valence electrons. The Bertz CT molecular complexity index is 380. The van der Waals surface area contributed by atoms with Gasteiger partial charge in [-0.3, -0.25) is 4.79 Å². The molecule has 0 bridgehead atoms. The maximum atomic E-state index is 11.0. The standard InChI is InChI=1S/C13H16O2/c1-3-9-4-6-10(7-5-9)11-8-13(11,2)12(14)15/h4-7,11H,3,8H2,1-2H3,(H,14,15). The Labute approximate surface area is 89.9 Å². The van der Waals surface area contributed by atoms with Gasteiger partial charge in [0.25, 0.3) is 0 Å². The summed E-state index contributed by atoms with van der Waals surface area (Å²) in [6.45, 7) is 3.95. The lowest BCUT2D eigenvalue weighted by molar-refractivity contribution is -0.142. The van der Waals surface area contributed by atoms with E-state index in [4.69, 9.17) is 5.11 Å². The van der Waals surface area contributed by atoms with E-state index < -0.39 is 11.4 Å². The third kappa shape index (κ3) is 1.65. The number of benzene rings is 1. The summed E-state index contributed by atoms with van der Waals surface area (Å²) in [5.74, 6) is -0.465. The Hall–Kier alpha value is -1.31. The van der Waals surface area contributed by atoms with Crippen molar-refractivity contribution in [1.82, 2.24) is 0 Å². The molecule has 0 aliphatic heterocycles. The molecule has 1 aromatic carbocycles. The maximum Gasteiger partial charge on any atom is 0.309 e. The quantitative estimate of drug-likeness (QED) is 0.822. The Morgan fingerprint density at radius 3 is 2.47 bits per heavy atom. The highest BCUT2D eigenvalue weighted by molar-refractivity contribution is 5.80. The molecule has 2 nitrogen and oxygen atoms in total. The average Bonchev–Trinajstić information content (AvgIpc) is 2.93. The molecule has 2 unspecified atom stereocenters. The monoisotopic (exact) mass is 204 g/mol. The third-order valence-electron chi connectivity index (χ3n) is 3.52. The zero-order valence-corrected chi connectivity index (χ0v) is 9.16. The van der Waals surface area contributed by atoms with Crippen molar-refractivity contribution >= 4 is 5.97 Å². The highest BCUT2D eigenvalue weighted by Crippen LogP contribution is 2.59. The fourth-order valence-corrected chi connectivity index (χ4v) is 2.07. The molecule has 0 aromatic heterocycles. The van der Waals surface area contributed by atoms with Crippen LogP contribution in [0.2, 0.25) is 0 Å². The minimum absolute atomic E-state index is 0.209. The van der Waals surface area contributed by atoms with Gasteiger partial charge in [-0.05, 0) is 30.9 Å². The molecule has 1 aliphatic carbocycles. The van der Waals surface area contributed by atoms with Gasteiger partial charge in [-0.15, -0.1) is 0 Å². The van der Waals surface area contributed by atoms with Crippen molar-refractivity contribution in [1.29, 1.82) is 0 Å². The molecule has 2 atom stereocenters. The minimum Gasteiger partial charge on any atom is -0.481 e. The third-order valence-corrected chi connectivity index (χ3v) is 3.52. The first kappa shape index (κ1) is 10.2. The van der Waals surface area contributed by atoms with Crippen molar-refractivity contribution in [3.8, 4) is 0 Å². The number of carboxylic acid groups (broad SMARTS) is 1. The van der Waals surface area contributed by atoms with Gasteiger partial charge >= 0.3 is 5.97 Å². The van der Waals surface area contributed by atoms with E-state index in [9.17, 15) is 4.79 Å². The lowest BCUT2D eigenvalue weighted by Crippen LogP contribution is -2.12. The second-order valence-electron chi connectivity index (χ2n) is 4.57. The lowest BCUT2D eigenvalue weighted by atomic mass is 10.00.